The molecule has 0 spiro atoms. The summed E-state index contributed by atoms with van der Waals surface area (Å²) in [5.41, 5.74) is 11.4. The molecule has 222 valence electrons. The molecule has 4 N–H and O–H groups in total. The number of carbonyl (C=O) groups excluding carboxylic acids is 2. The summed E-state index contributed by atoms with van der Waals surface area (Å²) < 4.78 is 15.2. The lowest BCUT2D eigenvalue weighted by molar-refractivity contribution is -0.114. The van der Waals surface area contributed by atoms with Gasteiger partial charge in [-0.15, -0.1) is 4.80 Å². The molecule has 0 fully saturated rings. The first kappa shape index (κ1) is 27.6. The van der Waals surface area contributed by atoms with Gasteiger partial charge in [-0.05, 0) is 72.5 Å². The van der Waals surface area contributed by atoms with E-state index in [9.17, 15) is 14.0 Å². The molecule has 0 bridgehead atoms. The summed E-state index contributed by atoms with van der Waals surface area (Å²) in [7, 11) is 0. The number of hydrogen-bond donors (Lipinski definition) is 3. The fourth-order valence-electron chi connectivity index (χ4n) is 5.53. The van der Waals surface area contributed by atoms with Crippen LogP contribution in [0.2, 0.25) is 0 Å². The monoisotopic (exact) mass is 600 g/mol. The highest BCUT2D eigenvalue weighted by Crippen LogP contribution is 2.36. The second kappa shape index (κ2) is 11.1. The van der Waals surface area contributed by atoms with Crippen LogP contribution in [0.4, 0.5) is 15.9 Å². The molecule has 1 aliphatic carbocycles. The number of nitrogens with zero attached hydrogens (tertiary/aromatic N) is 7. The lowest BCUT2D eigenvalue weighted by Gasteiger charge is -2.17. The van der Waals surface area contributed by atoms with E-state index >= 15 is 0 Å². The Morgan fingerprint density at radius 2 is 1.80 bits per heavy atom. The van der Waals surface area contributed by atoms with Crippen LogP contribution in [0.15, 0.2) is 97.7 Å². The molecule has 1 atom stereocenters. The van der Waals surface area contributed by atoms with E-state index in [0.717, 1.165) is 16.8 Å². The molecular weight excluding hydrogens is 575 g/mol. The summed E-state index contributed by atoms with van der Waals surface area (Å²) in [5, 5.41) is 13.9. The second-order valence-corrected chi connectivity index (χ2v) is 10.4. The zero-order valence-corrected chi connectivity index (χ0v) is 23.7. The maximum Gasteiger partial charge on any atom is 0.283 e. The minimum atomic E-state index is -1.14. The second-order valence-electron chi connectivity index (χ2n) is 10.4. The van der Waals surface area contributed by atoms with Gasteiger partial charge in [0, 0.05) is 11.9 Å². The molecule has 0 saturated heterocycles. The summed E-state index contributed by atoms with van der Waals surface area (Å²) in [4.78, 5) is 40.6. The standard InChI is InChI=1S/C32H25FN10O2/c1-18(33)31(44)39-24-7-3-2-5-22(24)32(45)40-25-11-8-19-17-20(9-10-21(19)25)42-29(23-6-4-14-35-28(23)34)38-26-12-13-27(41-30(26)42)43-36-15-16-37-43/h2-7,9-10,12-17,25H,1,8,11H2,(H2,34,35)(H,39,44)(H,40,45)/t25-/m0/s1. The highest BCUT2D eigenvalue weighted by Gasteiger charge is 2.27. The number of aromatic nitrogens is 7. The van der Waals surface area contributed by atoms with Crippen molar-refractivity contribution < 1.29 is 14.0 Å². The molecule has 2 aromatic carbocycles. The van der Waals surface area contributed by atoms with Gasteiger partial charge < -0.3 is 16.4 Å². The predicted octanol–water partition coefficient (Wildman–Crippen LogP) is 4.48. The smallest absolute Gasteiger partial charge is 0.283 e. The lowest BCUT2D eigenvalue weighted by Crippen LogP contribution is -2.28. The van der Waals surface area contributed by atoms with Crippen LogP contribution in [0.5, 0.6) is 0 Å². The zero-order chi connectivity index (χ0) is 31.1. The number of aryl methyl sites for hydroxylation is 1. The first-order chi connectivity index (χ1) is 21.9. The van der Waals surface area contributed by atoms with Crippen molar-refractivity contribution in [3.05, 3.63) is 114 Å². The van der Waals surface area contributed by atoms with Gasteiger partial charge in [0.1, 0.15) is 11.3 Å². The maximum absolute atomic E-state index is 13.3. The van der Waals surface area contributed by atoms with Crippen LogP contribution in [0.1, 0.15) is 33.9 Å². The van der Waals surface area contributed by atoms with Crippen molar-refractivity contribution in [3.8, 4) is 22.9 Å². The average molecular weight is 601 g/mol. The third-order valence-corrected chi connectivity index (χ3v) is 7.63. The fourth-order valence-corrected chi connectivity index (χ4v) is 5.53. The van der Waals surface area contributed by atoms with Crippen LogP contribution in [0, 0.1) is 0 Å². The number of nitrogens with two attached hydrogens (primary N) is 1. The van der Waals surface area contributed by atoms with Gasteiger partial charge in [0.15, 0.2) is 23.1 Å². The number of hydrogen-bond acceptors (Lipinski definition) is 8. The van der Waals surface area contributed by atoms with E-state index in [0.29, 0.717) is 47.0 Å². The molecule has 0 unspecified atom stereocenters. The number of pyridine rings is 2. The van der Waals surface area contributed by atoms with Crippen molar-refractivity contribution in [2.45, 2.75) is 18.9 Å². The first-order valence-corrected chi connectivity index (χ1v) is 14.0. The van der Waals surface area contributed by atoms with E-state index in [1.807, 2.05) is 28.8 Å². The molecule has 12 nitrogen and oxygen atoms in total. The van der Waals surface area contributed by atoms with Crippen molar-refractivity contribution in [1.29, 1.82) is 0 Å². The summed E-state index contributed by atoms with van der Waals surface area (Å²) in [5.74, 6) is -1.11. The number of amides is 2. The van der Waals surface area contributed by atoms with Crippen LogP contribution in [-0.4, -0.2) is 46.3 Å². The van der Waals surface area contributed by atoms with E-state index < -0.39 is 17.6 Å². The number of fused-ring (bicyclic) bond motifs is 2. The summed E-state index contributed by atoms with van der Waals surface area (Å²) >= 11 is 0. The van der Waals surface area contributed by atoms with Gasteiger partial charge in [-0.25, -0.2) is 19.3 Å². The number of rotatable bonds is 7. The van der Waals surface area contributed by atoms with Crippen molar-refractivity contribution >= 4 is 34.5 Å². The van der Waals surface area contributed by atoms with Crippen molar-refractivity contribution in [1.82, 2.24) is 39.8 Å². The summed E-state index contributed by atoms with van der Waals surface area (Å²) in [6.45, 7) is 3.01. The number of para-hydroxylation sites is 1. The molecule has 4 heterocycles. The van der Waals surface area contributed by atoms with Crippen molar-refractivity contribution in [2.75, 3.05) is 11.1 Å². The lowest BCUT2D eigenvalue weighted by atomic mass is 10.1. The Kier molecular flexibility index (Phi) is 6.81. The Morgan fingerprint density at radius 1 is 0.978 bits per heavy atom. The van der Waals surface area contributed by atoms with Gasteiger partial charge in [0.05, 0.1) is 35.2 Å². The molecule has 0 saturated carbocycles. The molecule has 0 radical (unpaired) electrons. The molecular formula is C32H25FN10O2. The van der Waals surface area contributed by atoms with Crippen LogP contribution < -0.4 is 16.4 Å². The van der Waals surface area contributed by atoms with E-state index in [1.54, 1.807) is 48.9 Å². The Bertz CT molecular complexity index is 2120. The molecule has 6 aromatic rings. The summed E-state index contributed by atoms with van der Waals surface area (Å²) in [6.07, 6.45) is 6.16. The minimum Gasteiger partial charge on any atom is -0.383 e. The quantitative estimate of drug-likeness (QED) is 0.226. The molecule has 45 heavy (non-hydrogen) atoms. The van der Waals surface area contributed by atoms with Gasteiger partial charge in [-0.1, -0.05) is 24.8 Å². The molecule has 0 aliphatic heterocycles. The SMILES string of the molecule is C=C(F)C(=O)Nc1ccccc1C(=O)N[C@H]1CCc2cc(-n3c(-c4cccnc4N)nc4ccc(-n5nccn5)nc43)ccc21. The third kappa shape index (κ3) is 5.05. The Labute approximate surface area is 255 Å². The summed E-state index contributed by atoms with van der Waals surface area (Å²) in [6, 6.07) is 19.4. The van der Waals surface area contributed by atoms with Gasteiger partial charge in [0.25, 0.3) is 11.8 Å². The predicted molar refractivity (Wildman–Crippen MR) is 165 cm³/mol. The third-order valence-electron chi connectivity index (χ3n) is 7.63. The van der Waals surface area contributed by atoms with E-state index in [-0.39, 0.29) is 17.3 Å². The highest BCUT2D eigenvalue weighted by atomic mass is 19.1. The van der Waals surface area contributed by atoms with E-state index in [1.165, 1.54) is 10.9 Å². The number of carbonyl (C=O) groups is 2. The molecule has 2 amide bonds. The van der Waals surface area contributed by atoms with Crippen molar-refractivity contribution in [2.24, 2.45) is 0 Å². The number of imidazole rings is 1. The normalized spacial score (nSPS) is 13.8. The van der Waals surface area contributed by atoms with Crippen molar-refractivity contribution in [3.63, 3.8) is 0 Å². The average Bonchev–Trinajstić information content (AvgIpc) is 3.80. The van der Waals surface area contributed by atoms with E-state index in [4.69, 9.17) is 15.7 Å². The molecule has 4 aromatic heterocycles. The topological polar surface area (TPSA) is 159 Å². The van der Waals surface area contributed by atoms with Crippen LogP contribution in [-0.2, 0) is 11.2 Å². The van der Waals surface area contributed by atoms with Gasteiger partial charge in [-0.2, -0.15) is 10.2 Å². The van der Waals surface area contributed by atoms with Crippen LogP contribution in [0.3, 0.4) is 0 Å². The maximum atomic E-state index is 13.3. The Morgan fingerprint density at radius 3 is 2.60 bits per heavy atom. The first-order valence-electron chi connectivity index (χ1n) is 14.0. The Balaban J connectivity index is 1.25. The molecule has 1 aliphatic rings. The highest BCUT2D eigenvalue weighted by molar-refractivity contribution is 6.07. The molecule has 13 heteroatoms. The number of nitrogen functional groups attached to an aromatic ring is 1. The zero-order valence-electron chi connectivity index (χ0n) is 23.7. The van der Waals surface area contributed by atoms with Gasteiger partial charge >= 0.3 is 0 Å². The van der Waals surface area contributed by atoms with Crippen LogP contribution >= 0.6 is 0 Å². The molecule has 7 rings (SSSR count). The number of nitrogens with one attached hydrogen (secondary N) is 2. The minimum absolute atomic E-state index is 0.193. The largest absolute Gasteiger partial charge is 0.383 e. The van der Waals surface area contributed by atoms with Crippen LogP contribution in [0.25, 0.3) is 34.1 Å². The Hall–Kier alpha value is -6.24. The fraction of sp³-hybridized carbons (Fsp3) is 0.0938. The number of halogens is 1. The van der Waals surface area contributed by atoms with Gasteiger partial charge in [0.2, 0.25) is 0 Å². The number of benzene rings is 2. The number of anilines is 2. The van der Waals surface area contributed by atoms with Gasteiger partial charge in [-0.3, -0.25) is 14.2 Å². The van der Waals surface area contributed by atoms with E-state index in [2.05, 4.69) is 38.5 Å².